The number of benzene rings is 1. The number of hydrogen-bond donors (Lipinski definition) is 2. The Balaban J connectivity index is 0.000000968. The third-order valence-electron chi connectivity index (χ3n) is 5.57. The molecule has 0 radical (unpaired) electrons. The van der Waals surface area contributed by atoms with E-state index in [1.165, 1.54) is 0 Å². The van der Waals surface area contributed by atoms with E-state index in [4.69, 9.17) is 29.5 Å². The first-order valence-corrected chi connectivity index (χ1v) is 10.4. The predicted octanol–water partition coefficient (Wildman–Crippen LogP) is 2.28. The maximum absolute atomic E-state index is 11.4. The lowest BCUT2D eigenvalue weighted by Gasteiger charge is -2.09. The molecule has 0 amide bonds. The molecule has 1 saturated carbocycles. The first-order chi connectivity index (χ1) is 15.9. The zero-order chi connectivity index (χ0) is 24.0. The van der Waals surface area contributed by atoms with Gasteiger partial charge in [0.2, 0.25) is 0 Å². The smallest absolute Gasteiger partial charge is 0.306 e. The van der Waals surface area contributed by atoms with Crippen molar-refractivity contribution in [3.8, 4) is 17.2 Å². The Morgan fingerprint density at radius 3 is 2.55 bits per heavy atom. The summed E-state index contributed by atoms with van der Waals surface area (Å²) < 4.78 is 14.2. The number of aryl methyl sites for hydroxylation is 1. The van der Waals surface area contributed by atoms with Crippen LogP contribution in [0, 0.1) is 5.92 Å². The van der Waals surface area contributed by atoms with E-state index in [1.54, 1.807) is 29.8 Å². The van der Waals surface area contributed by atoms with Crippen LogP contribution >= 0.6 is 0 Å². The Morgan fingerprint density at radius 2 is 1.97 bits per heavy atom. The highest BCUT2D eigenvalue weighted by Gasteiger charge is 2.34. The highest BCUT2D eigenvalue weighted by atomic mass is 16.5. The fourth-order valence-corrected chi connectivity index (χ4v) is 4.03. The second-order valence-electron chi connectivity index (χ2n) is 7.69. The summed E-state index contributed by atoms with van der Waals surface area (Å²) in [7, 11) is 5.06. The minimum absolute atomic E-state index is 0.0537. The van der Waals surface area contributed by atoms with Crippen molar-refractivity contribution < 1.29 is 29.3 Å². The third-order valence-corrected chi connectivity index (χ3v) is 5.57. The molecule has 3 aromatic rings. The van der Waals surface area contributed by atoms with Gasteiger partial charge in [0.1, 0.15) is 11.5 Å². The minimum Gasteiger partial charge on any atom is -0.493 e. The summed E-state index contributed by atoms with van der Waals surface area (Å²) in [6.07, 6.45) is 6.15. The van der Waals surface area contributed by atoms with E-state index in [9.17, 15) is 9.90 Å². The van der Waals surface area contributed by atoms with Gasteiger partial charge in [-0.1, -0.05) is 6.07 Å². The number of rotatable bonds is 7. The predicted molar refractivity (Wildman–Crippen MR) is 117 cm³/mol. The first-order valence-electron chi connectivity index (χ1n) is 10.4. The highest BCUT2D eigenvalue weighted by molar-refractivity contribution is 5.70. The summed E-state index contributed by atoms with van der Waals surface area (Å²) in [5.41, 5.74) is 1.81. The van der Waals surface area contributed by atoms with Crippen LogP contribution in [0.15, 0.2) is 30.6 Å². The Hall–Kier alpha value is -3.89. The Labute approximate surface area is 190 Å². The molecule has 1 aliphatic rings. The number of nitrogens with zero attached hydrogens (tertiary/aromatic N) is 5. The average molecular weight is 457 g/mol. The largest absolute Gasteiger partial charge is 0.493 e. The molecule has 1 fully saturated rings. The van der Waals surface area contributed by atoms with E-state index in [-0.39, 0.29) is 18.3 Å². The standard InChI is InChI=1S/C21H25N5O4.CH2O2/c1-25-12-16(11-22-25)26-20(14-5-6-15(10-14)21(27)28)23-19(24-26)9-13-4-7-17(29-2)18(8-13)30-3;2-1-3/h4,7-8,11-12,14-15H,5-6,9-10H2,1-3H3,(H,27,28);1H,(H,2,3)/t14-,15+;/m0./s1. The number of aliphatic carboxylic acids is 1. The van der Waals surface area contributed by atoms with Crippen molar-refractivity contribution in [1.82, 2.24) is 24.5 Å². The summed E-state index contributed by atoms with van der Waals surface area (Å²) in [5.74, 6) is 1.77. The van der Waals surface area contributed by atoms with Gasteiger partial charge in [0.05, 0.1) is 32.5 Å². The number of carbonyl (C=O) groups is 2. The molecular weight excluding hydrogens is 430 g/mol. The molecule has 2 aromatic heterocycles. The zero-order valence-corrected chi connectivity index (χ0v) is 18.7. The molecule has 0 saturated heterocycles. The van der Waals surface area contributed by atoms with Crippen LogP contribution in [0.25, 0.3) is 5.69 Å². The van der Waals surface area contributed by atoms with Crippen molar-refractivity contribution in [1.29, 1.82) is 0 Å². The topological polar surface area (TPSA) is 142 Å². The van der Waals surface area contributed by atoms with Gasteiger partial charge in [0.25, 0.3) is 6.47 Å². The fourth-order valence-electron chi connectivity index (χ4n) is 4.03. The molecule has 11 heteroatoms. The van der Waals surface area contributed by atoms with Gasteiger partial charge >= 0.3 is 5.97 Å². The van der Waals surface area contributed by atoms with Crippen LogP contribution in [0.1, 0.15) is 42.4 Å². The van der Waals surface area contributed by atoms with Crippen molar-refractivity contribution in [2.45, 2.75) is 31.6 Å². The van der Waals surface area contributed by atoms with Crippen LogP contribution in [-0.2, 0) is 23.1 Å². The van der Waals surface area contributed by atoms with Crippen LogP contribution < -0.4 is 9.47 Å². The summed E-state index contributed by atoms with van der Waals surface area (Å²) in [5, 5.41) is 25.2. The quantitative estimate of drug-likeness (QED) is 0.511. The molecule has 1 aliphatic carbocycles. The highest BCUT2D eigenvalue weighted by Crippen LogP contribution is 2.38. The van der Waals surface area contributed by atoms with Gasteiger partial charge in [-0.2, -0.15) is 10.2 Å². The minimum atomic E-state index is -0.740. The lowest BCUT2D eigenvalue weighted by molar-refractivity contribution is -0.141. The van der Waals surface area contributed by atoms with Crippen LogP contribution in [0.4, 0.5) is 0 Å². The molecule has 2 atom stereocenters. The van der Waals surface area contributed by atoms with E-state index < -0.39 is 5.97 Å². The van der Waals surface area contributed by atoms with Gasteiger partial charge in [-0.15, -0.1) is 0 Å². The van der Waals surface area contributed by atoms with Crippen molar-refractivity contribution in [3.63, 3.8) is 0 Å². The zero-order valence-electron chi connectivity index (χ0n) is 18.7. The third kappa shape index (κ3) is 5.48. The molecule has 0 bridgehead atoms. The van der Waals surface area contributed by atoms with Crippen molar-refractivity contribution >= 4 is 12.4 Å². The normalized spacial score (nSPS) is 17.2. The molecule has 11 nitrogen and oxygen atoms in total. The molecule has 33 heavy (non-hydrogen) atoms. The molecule has 176 valence electrons. The summed E-state index contributed by atoms with van der Waals surface area (Å²) >= 11 is 0. The molecule has 2 heterocycles. The molecule has 0 aliphatic heterocycles. The Morgan fingerprint density at radius 1 is 1.24 bits per heavy atom. The molecule has 4 rings (SSSR count). The number of carboxylic acid groups (broad SMARTS) is 2. The maximum atomic E-state index is 11.4. The number of hydrogen-bond acceptors (Lipinski definition) is 7. The number of carboxylic acids is 1. The molecule has 0 spiro atoms. The van der Waals surface area contributed by atoms with E-state index >= 15 is 0 Å². The monoisotopic (exact) mass is 457 g/mol. The second-order valence-corrected chi connectivity index (χ2v) is 7.69. The summed E-state index contributed by atoms with van der Waals surface area (Å²) in [4.78, 5) is 24.6. The van der Waals surface area contributed by atoms with Gasteiger partial charge < -0.3 is 19.7 Å². The van der Waals surface area contributed by atoms with Gasteiger partial charge in [0.15, 0.2) is 17.3 Å². The van der Waals surface area contributed by atoms with Crippen molar-refractivity contribution in [2.75, 3.05) is 14.2 Å². The number of ether oxygens (including phenoxy) is 2. The van der Waals surface area contributed by atoms with E-state index in [0.29, 0.717) is 36.6 Å². The summed E-state index contributed by atoms with van der Waals surface area (Å²) in [6.45, 7) is -0.250. The van der Waals surface area contributed by atoms with Crippen molar-refractivity contribution in [3.05, 3.63) is 47.8 Å². The van der Waals surface area contributed by atoms with Crippen LogP contribution in [0.3, 0.4) is 0 Å². The SMILES string of the molecule is COc1ccc(Cc2nc([C@H]3CC[C@@H](C(=O)O)C3)n(-c3cnn(C)c3)n2)cc1OC.O=CO. The number of methoxy groups -OCH3 is 2. The van der Waals surface area contributed by atoms with Crippen molar-refractivity contribution in [2.24, 2.45) is 13.0 Å². The van der Waals surface area contributed by atoms with Gasteiger partial charge in [-0.3, -0.25) is 14.3 Å². The van der Waals surface area contributed by atoms with Crippen LogP contribution in [0.5, 0.6) is 11.5 Å². The Bertz CT molecular complexity index is 1110. The van der Waals surface area contributed by atoms with E-state index in [2.05, 4.69) is 5.10 Å². The molecule has 1 aromatic carbocycles. The Kier molecular flexibility index (Phi) is 7.65. The first kappa shape index (κ1) is 23.8. The second kappa shape index (κ2) is 10.6. The van der Waals surface area contributed by atoms with Crippen LogP contribution in [-0.4, -0.2) is 61.4 Å². The molecule has 2 N–H and O–H groups in total. The fraction of sp³-hybridized carbons (Fsp3) is 0.409. The van der Waals surface area contributed by atoms with Gasteiger partial charge in [-0.25, -0.2) is 9.67 Å². The van der Waals surface area contributed by atoms with E-state index in [1.807, 2.05) is 31.4 Å². The van der Waals surface area contributed by atoms with Crippen LogP contribution in [0.2, 0.25) is 0 Å². The van der Waals surface area contributed by atoms with E-state index in [0.717, 1.165) is 23.5 Å². The lowest BCUT2D eigenvalue weighted by atomic mass is 10.0. The molecule has 0 unspecified atom stereocenters. The van der Waals surface area contributed by atoms with Gasteiger partial charge in [-0.05, 0) is 37.0 Å². The summed E-state index contributed by atoms with van der Waals surface area (Å²) in [6, 6.07) is 5.74. The maximum Gasteiger partial charge on any atom is 0.306 e. The molecular formula is C22H27N5O6. The average Bonchev–Trinajstić information content (AvgIpc) is 3.53. The number of aromatic nitrogens is 5. The van der Waals surface area contributed by atoms with Gasteiger partial charge in [0, 0.05) is 19.4 Å². The lowest BCUT2D eigenvalue weighted by Crippen LogP contribution is -2.11.